The number of benzene rings is 1. The fourth-order valence-electron chi connectivity index (χ4n) is 5.66. The van der Waals surface area contributed by atoms with Crippen LogP contribution in [0.5, 0.6) is 0 Å². The molecule has 1 aromatic carbocycles. The van der Waals surface area contributed by atoms with Gasteiger partial charge in [0.1, 0.15) is 6.04 Å². The Hall–Kier alpha value is -2.37. The van der Waals surface area contributed by atoms with Gasteiger partial charge in [0.05, 0.1) is 5.69 Å². The summed E-state index contributed by atoms with van der Waals surface area (Å²) in [6.07, 6.45) is 7.28. The second kappa shape index (κ2) is 6.36. The van der Waals surface area contributed by atoms with Crippen molar-refractivity contribution in [2.24, 2.45) is 17.8 Å². The molecule has 2 aliphatic carbocycles. The number of nitrogens with one attached hydrogen (secondary N) is 1. The van der Waals surface area contributed by atoms with E-state index >= 15 is 0 Å². The Morgan fingerprint density at radius 1 is 1.15 bits per heavy atom. The van der Waals surface area contributed by atoms with Crippen molar-refractivity contribution >= 4 is 29.2 Å². The van der Waals surface area contributed by atoms with Gasteiger partial charge in [-0.3, -0.25) is 9.59 Å². The molecule has 2 saturated carbocycles. The first-order valence-corrected chi connectivity index (χ1v) is 10.1. The predicted octanol–water partition coefficient (Wildman–Crippen LogP) is 3.38. The number of rotatable bonds is 4. The van der Waals surface area contributed by atoms with Crippen LogP contribution in [0.1, 0.15) is 44.9 Å². The van der Waals surface area contributed by atoms with E-state index in [1.165, 1.54) is 30.6 Å². The standard InChI is InChI=1S/C21H25N3O3/c25-19(11-15-10-13-6-7-14(15)9-13)22-16-3-1-4-17(12-16)24-20(26)18-5-2-8-23(18)21(24)27/h1,3-4,12-15,18H,2,5-11H2,(H,22,25)/t13-,14-,15-,18-/m1/s1. The van der Waals surface area contributed by atoms with E-state index < -0.39 is 0 Å². The number of amides is 4. The molecule has 2 heterocycles. The normalized spacial score (nSPS) is 31.7. The molecule has 0 spiro atoms. The maximum atomic E-state index is 12.6. The van der Waals surface area contributed by atoms with E-state index in [2.05, 4.69) is 5.32 Å². The van der Waals surface area contributed by atoms with Crippen LogP contribution in [0.15, 0.2) is 24.3 Å². The van der Waals surface area contributed by atoms with Gasteiger partial charge in [-0.05, 0) is 68.1 Å². The third-order valence-corrected chi connectivity index (χ3v) is 6.92. The van der Waals surface area contributed by atoms with Gasteiger partial charge >= 0.3 is 6.03 Å². The van der Waals surface area contributed by atoms with Gasteiger partial charge in [0.25, 0.3) is 5.91 Å². The minimum absolute atomic E-state index is 0.0318. The molecule has 1 N–H and O–H groups in total. The topological polar surface area (TPSA) is 69.7 Å². The largest absolute Gasteiger partial charge is 0.332 e. The fraction of sp³-hybridized carbons (Fsp3) is 0.571. The zero-order valence-corrected chi connectivity index (χ0v) is 15.4. The lowest BCUT2D eigenvalue weighted by Crippen LogP contribution is -2.33. The maximum Gasteiger partial charge on any atom is 0.332 e. The van der Waals surface area contributed by atoms with E-state index in [1.807, 2.05) is 6.07 Å². The number of nitrogens with zero attached hydrogens (tertiary/aromatic N) is 2. The average Bonchev–Trinajstić information content (AvgIpc) is 3.40. The number of anilines is 2. The fourth-order valence-corrected chi connectivity index (χ4v) is 5.66. The molecule has 5 rings (SSSR count). The van der Waals surface area contributed by atoms with Crippen molar-refractivity contribution in [3.63, 3.8) is 0 Å². The zero-order chi connectivity index (χ0) is 18.5. The molecule has 4 amide bonds. The van der Waals surface area contributed by atoms with Crippen molar-refractivity contribution in [1.29, 1.82) is 0 Å². The lowest BCUT2D eigenvalue weighted by atomic mass is 9.86. The van der Waals surface area contributed by atoms with Crippen LogP contribution in [0.25, 0.3) is 0 Å². The highest BCUT2D eigenvalue weighted by Crippen LogP contribution is 2.49. The second-order valence-electron chi connectivity index (χ2n) is 8.55. The number of fused-ring (bicyclic) bond motifs is 3. The van der Waals surface area contributed by atoms with Crippen LogP contribution in [0.2, 0.25) is 0 Å². The molecule has 2 saturated heterocycles. The highest BCUT2D eigenvalue weighted by atomic mass is 16.2. The van der Waals surface area contributed by atoms with Gasteiger partial charge in [0, 0.05) is 18.7 Å². The van der Waals surface area contributed by atoms with Crippen molar-refractivity contribution in [1.82, 2.24) is 4.90 Å². The highest BCUT2D eigenvalue weighted by molar-refractivity contribution is 6.21. The van der Waals surface area contributed by atoms with E-state index in [0.717, 1.165) is 24.7 Å². The van der Waals surface area contributed by atoms with E-state index in [-0.39, 0.29) is 23.9 Å². The van der Waals surface area contributed by atoms with Gasteiger partial charge in [-0.2, -0.15) is 0 Å². The Balaban J connectivity index is 1.27. The highest BCUT2D eigenvalue weighted by Gasteiger charge is 2.48. The minimum Gasteiger partial charge on any atom is -0.326 e. The van der Waals surface area contributed by atoms with Crippen molar-refractivity contribution < 1.29 is 14.4 Å². The summed E-state index contributed by atoms with van der Waals surface area (Å²) in [4.78, 5) is 40.6. The van der Waals surface area contributed by atoms with Gasteiger partial charge in [0.2, 0.25) is 5.91 Å². The van der Waals surface area contributed by atoms with Gasteiger partial charge in [-0.1, -0.05) is 12.5 Å². The van der Waals surface area contributed by atoms with Crippen LogP contribution in [0.3, 0.4) is 0 Å². The van der Waals surface area contributed by atoms with E-state index in [1.54, 1.807) is 23.1 Å². The first kappa shape index (κ1) is 16.8. The lowest BCUT2D eigenvalue weighted by molar-refractivity contribution is -0.119. The smallest absolute Gasteiger partial charge is 0.326 e. The first-order chi connectivity index (χ1) is 13.1. The molecule has 0 aromatic heterocycles. The summed E-state index contributed by atoms with van der Waals surface area (Å²) in [5.41, 5.74) is 1.19. The third-order valence-electron chi connectivity index (χ3n) is 6.92. The van der Waals surface area contributed by atoms with Crippen molar-refractivity contribution in [3.05, 3.63) is 24.3 Å². The second-order valence-corrected chi connectivity index (χ2v) is 8.55. The van der Waals surface area contributed by atoms with E-state index in [9.17, 15) is 14.4 Å². The Labute approximate surface area is 158 Å². The maximum absolute atomic E-state index is 12.6. The summed E-state index contributed by atoms with van der Waals surface area (Å²) < 4.78 is 0. The number of hydrogen-bond acceptors (Lipinski definition) is 3. The molecule has 4 fully saturated rings. The molecule has 6 nitrogen and oxygen atoms in total. The molecule has 0 unspecified atom stereocenters. The number of carbonyl (C=O) groups is 3. The van der Waals surface area contributed by atoms with Crippen LogP contribution in [-0.2, 0) is 9.59 Å². The number of urea groups is 1. The summed E-state index contributed by atoms with van der Waals surface area (Å²) in [5.74, 6) is 1.95. The Bertz CT molecular complexity index is 786. The van der Waals surface area contributed by atoms with Gasteiger partial charge < -0.3 is 10.2 Å². The number of imide groups is 1. The molecule has 0 radical (unpaired) electrons. The summed E-state index contributed by atoms with van der Waals surface area (Å²) in [6, 6.07) is 6.53. The number of carbonyl (C=O) groups excluding carboxylic acids is 3. The number of hydrogen-bond donors (Lipinski definition) is 1. The predicted molar refractivity (Wildman–Crippen MR) is 101 cm³/mol. The van der Waals surface area contributed by atoms with Gasteiger partial charge in [-0.25, -0.2) is 9.69 Å². The van der Waals surface area contributed by atoms with Crippen molar-refractivity contribution in [2.45, 2.75) is 51.0 Å². The van der Waals surface area contributed by atoms with Crippen LogP contribution in [0.4, 0.5) is 16.2 Å². The minimum atomic E-state index is -0.312. The molecule has 142 valence electrons. The zero-order valence-electron chi connectivity index (χ0n) is 15.4. The Morgan fingerprint density at radius 3 is 2.78 bits per heavy atom. The van der Waals surface area contributed by atoms with Crippen molar-refractivity contribution in [3.8, 4) is 0 Å². The Kier molecular flexibility index (Phi) is 3.95. The molecule has 4 aliphatic rings. The lowest BCUT2D eigenvalue weighted by Gasteiger charge is -2.21. The quantitative estimate of drug-likeness (QED) is 0.830. The van der Waals surface area contributed by atoms with Crippen molar-refractivity contribution in [2.75, 3.05) is 16.8 Å². The first-order valence-electron chi connectivity index (χ1n) is 10.1. The van der Waals surface area contributed by atoms with Crippen LogP contribution in [-0.4, -0.2) is 35.3 Å². The molecule has 1 aromatic rings. The SMILES string of the molecule is O=C(C[C@H]1C[C@@H]2CC[C@@H]1C2)Nc1cccc(N2C(=O)[C@H]3CCCN3C2=O)c1. The monoisotopic (exact) mass is 367 g/mol. The van der Waals surface area contributed by atoms with Crippen LogP contribution < -0.4 is 10.2 Å². The van der Waals surface area contributed by atoms with E-state index in [0.29, 0.717) is 30.3 Å². The molecule has 2 bridgehead atoms. The molecule has 6 heteroatoms. The summed E-state index contributed by atoms with van der Waals surface area (Å²) in [6.45, 7) is 0.645. The molecule has 4 atom stereocenters. The molecule has 27 heavy (non-hydrogen) atoms. The summed E-state index contributed by atoms with van der Waals surface area (Å²) >= 11 is 0. The molecule has 2 aliphatic heterocycles. The van der Waals surface area contributed by atoms with Crippen LogP contribution >= 0.6 is 0 Å². The molecular weight excluding hydrogens is 342 g/mol. The van der Waals surface area contributed by atoms with E-state index in [4.69, 9.17) is 0 Å². The van der Waals surface area contributed by atoms with Gasteiger partial charge in [0.15, 0.2) is 0 Å². The average molecular weight is 367 g/mol. The summed E-state index contributed by atoms with van der Waals surface area (Å²) in [7, 11) is 0. The van der Waals surface area contributed by atoms with Crippen LogP contribution in [0, 0.1) is 17.8 Å². The summed E-state index contributed by atoms with van der Waals surface area (Å²) in [5, 5.41) is 2.97. The Morgan fingerprint density at radius 2 is 2.04 bits per heavy atom. The van der Waals surface area contributed by atoms with Gasteiger partial charge in [-0.15, -0.1) is 0 Å². The molecular formula is C21H25N3O3. The third kappa shape index (κ3) is 2.82.